The van der Waals surface area contributed by atoms with Crippen LogP contribution in [0, 0.1) is 5.82 Å². The zero-order chi connectivity index (χ0) is 15.5. The summed E-state index contributed by atoms with van der Waals surface area (Å²) in [6.07, 6.45) is 0. The number of thioether (sulfide) groups is 1. The van der Waals surface area contributed by atoms with Gasteiger partial charge in [0.2, 0.25) is 10.0 Å². The first kappa shape index (κ1) is 16.3. The molecule has 0 radical (unpaired) electrons. The highest BCUT2D eigenvalue weighted by Gasteiger charge is 2.39. The van der Waals surface area contributed by atoms with E-state index in [2.05, 4.69) is 0 Å². The van der Waals surface area contributed by atoms with Crippen molar-refractivity contribution < 1.29 is 22.3 Å². The van der Waals surface area contributed by atoms with Crippen LogP contribution in [0.2, 0.25) is 0 Å². The fourth-order valence-corrected chi connectivity index (χ4v) is 4.97. The molecule has 0 spiro atoms. The largest absolute Gasteiger partial charge is 0.465 e. The first-order valence-corrected chi connectivity index (χ1v) is 9.08. The standard InChI is InChI=1S/C13H16FNO4S2/c1-2-19-13(16)11-9-20-8-7-15(11)21(17,18)12-6-4-3-5-10(12)14/h3-6,11H,2,7-9H2,1H3. The van der Waals surface area contributed by atoms with E-state index in [-0.39, 0.29) is 13.2 Å². The van der Waals surface area contributed by atoms with Crippen LogP contribution in [0.1, 0.15) is 6.92 Å². The molecule has 0 saturated carbocycles. The fraction of sp³-hybridized carbons (Fsp3) is 0.462. The quantitative estimate of drug-likeness (QED) is 0.781. The molecule has 1 aromatic rings. The molecule has 0 N–H and O–H groups in total. The number of hydrogen-bond acceptors (Lipinski definition) is 5. The molecule has 21 heavy (non-hydrogen) atoms. The summed E-state index contributed by atoms with van der Waals surface area (Å²) in [7, 11) is -4.06. The van der Waals surface area contributed by atoms with Crippen LogP contribution in [0.15, 0.2) is 29.2 Å². The van der Waals surface area contributed by atoms with Crippen LogP contribution in [0.4, 0.5) is 4.39 Å². The van der Waals surface area contributed by atoms with Gasteiger partial charge in [-0.3, -0.25) is 4.79 Å². The second kappa shape index (κ2) is 6.76. The lowest BCUT2D eigenvalue weighted by molar-refractivity contribution is -0.146. The van der Waals surface area contributed by atoms with Crippen LogP contribution in [0.25, 0.3) is 0 Å². The average molecular weight is 333 g/mol. The summed E-state index contributed by atoms with van der Waals surface area (Å²) in [6, 6.07) is 4.25. The second-order valence-corrected chi connectivity index (χ2v) is 7.40. The van der Waals surface area contributed by atoms with Gasteiger partial charge in [0.05, 0.1) is 6.61 Å². The number of carbonyl (C=O) groups excluding carboxylic acids is 1. The number of nitrogens with zero attached hydrogens (tertiary/aromatic N) is 1. The molecule has 116 valence electrons. The number of esters is 1. The van der Waals surface area contributed by atoms with Crippen LogP contribution in [0.5, 0.6) is 0 Å². The lowest BCUT2D eigenvalue weighted by Gasteiger charge is -2.32. The molecule has 1 aliphatic rings. The number of rotatable bonds is 4. The smallest absolute Gasteiger partial charge is 0.325 e. The molecular weight excluding hydrogens is 317 g/mol. The number of halogens is 1. The van der Waals surface area contributed by atoms with Crippen molar-refractivity contribution in [1.29, 1.82) is 0 Å². The van der Waals surface area contributed by atoms with Crippen molar-refractivity contribution in [3.05, 3.63) is 30.1 Å². The molecule has 8 heteroatoms. The number of ether oxygens (including phenoxy) is 1. The predicted octanol–water partition coefficient (Wildman–Crippen LogP) is 1.49. The topological polar surface area (TPSA) is 63.7 Å². The minimum atomic E-state index is -4.06. The van der Waals surface area contributed by atoms with Crippen LogP contribution in [0.3, 0.4) is 0 Å². The highest BCUT2D eigenvalue weighted by Crippen LogP contribution is 2.26. The third-order valence-electron chi connectivity index (χ3n) is 3.06. The summed E-state index contributed by atoms with van der Waals surface area (Å²) in [6.45, 7) is 1.99. The van der Waals surface area contributed by atoms with Gasteiger partial charge in [-0.2, -0.15) is 16.1 Å². The maximum absolute atomic E-state index is 13.8. The van der Waals surface area contributed by atoms with E-state index in [9.17, 15) is 17.6 Å². The van der Waals surface area contributed by atoms with Crippen molar-refractivity contribution in [3.8, 4) is 0 Å². The van der Waals surface area contributed by atoms with Gasteiger partial charge in [0.25, 0.3) is 0 Å². The van der Waals surface area contributed by atoms with Crippen molar-refractivity contribution in [2.75, 3.05) is 24.7 Å². The molecule has 2 rings (SSSR count). The normalized spacial score (nSPS) is 20.2. The van der Waals surface area contributed by atoms with Crippen molar-refractivity contribution >= 4 is 27.8 Å². The molecular formula is C13H16FNO4S2. The van der Waals surface area contributed by atoms with E-state index in [0.29, 0.717) is 11.5 Å². The molecule has 5 nitrogen and oxygen atoms in total. The summed E-state index contributed by atoms with van der Waals surface area (Å²) >= 11 is 1.48. The van der Waals surface area contributed by atoms with Gasteiger partial charge in [-0.25, -0.2) is 12.8 Å². The molecule has 1 atom stereocenters. The maximum atomic E-state index is 13.8. The van der Waals surface area contributed by atoms with Crippen molar-refractivity contribution in [1.82, 2.24) is 4.31 Å². The Morgan fingerprint density at radius 3 is 2.86 bits per heavy atom. The van der Waals surface area contributed by atoms with E-state index in [1.54, 1.807) is 6.92 Å². The zero-order valence-corrected chi connectivity index (χ0v) is 13.1. The van der Waals surface area contributed by atoms with Gasteiger partial charge in [0.15, 0.2) is 0 Å². The van der Waals surface area contributed by atoms with E-state index in [4.69, 9.17) is 4.74 Å². The van der Waals surface area contributed by atoms with E-state index in [1.807, 2.05) is 0 Å². The van der Waals surface area contributed by atoms with Gasteiger partial charge in [-0.15, -0.1) is 0 Å². The molecule has 1 heterocycles. The lowest BCUT2D eigenvalue weighted by atomic mass is 10.3. The van der Waals surface area contributed by atoms with Crippen molar-refractivity contribution in [3.63, 3.8) is 0 Å². The van der Waals surface area contributed by atoms with Crippen LogP contribution in [-0.2, 0) is 19.6 Å². The molecule has 0 aromatic heterocycles. The number of carbonyl (C=O) groups is 1. The monoisotopic (exact) mass is 333 g/mol. The van der Waals surface area contributed by atoms with Gasteiger partial charge in [0, 0.05) is 18.1 Å². The number of hydrogen-bond donors (Lipinski definition) is 0. The van der Waals surface area contributed by atoms with Gasteiger partial charge in [0.1, 0.15) is 16.8 Å². The fourth-order valence-electron chi connectivity index (χ4n) is 2.08. The summed E-state index contributed by atoms with van der Waals surface area (Å²) in [4.78, 5) is 11.5. The molecule has 1 fully saturated rings. The maximum Gasteiger partial charge on any atom is 0.325 e. The van der Waals surface area contributed by atoms with E-state index in [1.165, 1.54) is 30.0 Å². The Labute approximate surface area is 127 Å². The first-order chi connectivity index (χ1) is 9.98. The number of benzene rings is 1. The first-order valence-electron chi connectivity index (χ1n) is 6.49. The highest BCUT2D eigenvalue weighted by molar-refractivity contribution is 7.99. The predicted molar refractivity (Wildman–Crippen MR) is 78.0 cm³/mol. The van der Waals surface area contributed by atoms with Crippen LogP contribution >= 0.6 is 11.8 Å². The SMILES string of the molecule is CCOC(=O)C1CSCCN1S(=O)(=O)c1ccccc1F. The summed E-state index contributed by atoms with van der Waals surface area (Å²) in [5, 5.41) is 0. The minimum absolute atomic E-state index is 0.158. The average Bonchev–Trinajstić information content (AvgIpc) is 2.48. The Kier molecular flexibility index (Phi) is 5.23. The molecule has 1 unspecified atom stereocenters. The molecule has 1 saturated heterocycles. The van der Waals surface area contributed by atoms with Crippen LogP contribution in [-0.4, -0.2) is 49.4 Å². The third kappa shape index (κ3) is 3.38. The number of sulfonamides is 1. The molecule has 1 aromatic carbocycles. The van der Waals surface area contributed by atoms with Crippen molar-refractivity contribution in [2.45, 2.75) is 17.9 Å². The Morgan fingerprint density at radius 2 is 2.19 bits per heavy atom. The summed E-state index contributed by atoms with van der Waals surface area (Å²) in [5.74, 6) is -0.543. The minimum Gasteiger partial charge on any atom is -0.465 e. The summed E-state index contributed by atoms with van der Waals surface area (Å²) in [5.41, 5.74) is 0. The Bertz CT molecular complexity index is 620. The Hall–Kier alpha value is -1.12. The van der Waals surface area contributed by atoms with E-state index < -0.39 is 32.7 Å². The Morgan fingerprint density at radius 1 is 1.48 bits per heavy atom. The Balaban J connectivity index is 2.36. The van der Waals surface area contributed by atoms with Gasteiger partial charge in [-0.05, 0) is 19.1 Å². The van der Waals surface area contributed by atoms with E-state index in [0.717, 1.165) is 10.4 Å². The third-order valence-corrected chi connectivity index (χ3v) is 6.03. The van der Waals surface area contributed by atoms with Crippen molar-refractivity contribution in [2.24, 2.45) is 0 Å². The summed E-state index contributed by atoms with van der Waals surface area (Å²) < 4.78 is 44.9. The highest BCUT2D eigenvalue weighted by atomic mass is 32.2. The molecule has 0 amide bonds. The van der Waals surface area contributed by atoms with Gasteiger partial charge in [-0.1, -0.05) is 12.1 Å². The zero-order valence-electron chi connectivity index (χ0n) is 11.5. The molecule has 0 aliphatic carbocycles. The van der Waals surface area contributed by atoms with Gasteiger partial charge < -0.3 is 4.74 Å². The lowest BCUT2D eigenvalue weighted by Crippen LogP contribution is -2.50. The van der Waals surface area contributed by atoms with Gasteiger partial charge >= 0.3 is 5.97 Å². The molecule has 1 aliphatic heterocycles. The van der Waals surface area contributed by atoms with Crippen LogP contribution < -0.4 is 0 Å². The molecule has 0 bridgehead atoms. The second-order valence-electron chi connectivity index (χ2n) is 4.39. The van der Waals surface area contributed by atoms with E-state index >= 15 is 0 Å².